The molecule has 0 aromatic heterocycles. The van der Waals surface area contributed by atoms with Gasteiger partial charge in [0.15, 0.2) is 0 Å². The number of anilines is 1. The van der Waals surface area contributed by atoms with E-state index in [-0.39, 0.29) is 12.2 Å². The Hall–Kier alpha value is -1.69. The van der Waals surface area contributed by atoms with Gasteiger partial charge in [-0.3, -0.25) is 0 Å². The van der Waals surface area contributed by atoms with Crippen molar-refractivity contribution in [2.24, 2.45) is 0 Å². The van der Waals surface area contributed by atoms with E-state index in [0.29, 0.717) is 12.5 Å². The third-order valence-corrected chi connectivity index (χ3v) is 2.57. The van der Waals surface area contributed by atoms with Gasteiger partial charge in [-0.1, -0.05) is 6.92 Å². The zero-order valence-electron chi connectivity index (χ0n) is 10.3. The van der Waals surface area contributed by atoms with E-state index in [1.54, 1.807) is 13.8 Å². The predicted molar refractivity (Wildman–Crippen MR) is 64.3 cm³/mol. The highest BCUT2D eigenvalue weighted by Crippen LogP contribution is 2.14. The number of halogens is 2. The molecule has 1 aromatic carbocycles. The van der Waals surface area contributed by atoms with Crippen molar-refractivity contribution in [1.29, 1.82) is 0 Å². The first-order chi connectivity index (χ1) is 8.34. The number of benzene rings is 1. The molecule has 0 saturated carbocycles. The molecule has 3 N–H and O–H groups in total. The summed E-state index contributed by atoms with van der Waals surface area (Å²) in [6, 6.07) is 2.19. The van der Waals surface area contributed by atoms with E-state index in [0.717, 1.165) is 12.1 Å². The maximum atomic E-state index is 13.2. The number of aliphatic hydroxyl groups is 1. The number of carbonyl (C=O) groups is 1. The van der Waals surface area contributed by atoms with Crippen molar-refractivity contribution >= 4 is 11.7 Å². The van der Waals surface area contributed by atoms with Crippen molar-refractivity contribution in [3.63, 3.8) is 0 Å². The summed E-state index contributed by atoms with van der Waals surface area (Å²) in [6.07, 6.45) is 0.470. The summed E-state index contributed by atoms with van der Waals surface area (Å²) in [5.41, 5.74) is -1.14. The van der Waals surface area contributed by atoms with Crippen molar-refractivity contribution in [3.05, 3.63) is 29.8 Å². The quantitative estimate of drug-likeness (QED) is 0.775. The zero-order chi connectivity index (χ0) is 13.8. The van der Waals surface area contributed by atoms with E-state index in [9.17, 15) is 18.7 Å². The number of urea groups is 1. The summed E-state index contributed by atoms with van der Waals surface area (Å²) in [5, 5.41) is 14.3. The van der Waals surface area contributed by atoms with E-state index in [2.05, 4.69) is 10.6 Å². The minimum Gasteiger partial charge on any atom is -0.388 e. The molecule has 0 unspecified atom stereocenters. The fourth-order valence-corrected chi connectivity index (χ4v) is 1.15. The molecule has 1 aromatic rings. The van der Waals surface area contributed by atoms with E-state index < -0.39 is 23.3 Å². The molecule has 0 radical (unpaired) electrons. The van der Waals surface area contributed by atoms with Gasteiger partial charge in [0.1, 0.15) is 11.6 Å². The molecule has 0 heterocycles. The Kier molecular flexibility index (Phi) is 4.61. The van der Waals surface area contributed by atoms with Crippen LogP contribution in [0.2, 0.25) is 0 Å². The first-order valence-corrected chi connectivity index (χ1v) is 5.56. The van der Waals surface area contributed by atoms with E-state index in [1.165, 1.54) is 0 Å². The number of rotatable bonds is 4. The van der Waals surface area contributed by atoms with Crippen LogP contribution in [0.4, 0.5) is 19.3 Å². The van der Waals surface area contributed by atoms with Crippen LogP contribution in [0.15, 0.2) is 18.2 Å². The molecule has 100 valence electrons. The summed E-state index contributed by atoms with van der Waals surface area (Å²) in [4.78, 5) is 11.4. The van der Waals surface area contributed by atoms with Crippen LogP contribution in [0.25, 0.3) is 0 Å². The number of carbonyl (C=O) groups excluding carboxylic acids is 1. The van der Waals surface area contributed by atoms with Crippen LogP contribution in [0.5, 0.6) is 0 Å². The molecule has 0 fully saturated rings. The predicted octanol–water partition coefficient (Wildman–Crippen LogP) is 2.25. The molecule has 0 aliphatic heterocycles. The zero-order valence-corrected chi connectivity index (χ0v) is 10.3. The first-order valence-electron chi connectivity index (χ1n) is 5.56. The van der Waals surface area contributed by atoms with Crippen LogP contribution in [-0.4, -0.2) is 23.3 Å². The number of amides is 2. The fraction of sp³-hybridized carbons (Fsp3) is 0.417. The van der Waals surface area contributed by atoms with Crippen molar-refractivity contribution in [1.82, 2.24) is 5.32 Å². The fourth-order valence-electron chi connectivity index (χ4n) is 1.15. The number of hydrogen-bond donors (Lipinski definition) is 3. The van der Waals surface area contributed by atoms with Gasteiger partial charge in [-0.15, -0.1) is 0 Å². The molecule has 6 heteroatoms. The summed E-state index contributed by atoms with van der Waals surface area (Å²) >= 11 is 0. The second-order valence-electron chi connectivity index (χ2n) is 4.28. The van der Waals surface area contributed by atoms with Gasteiger partial charge < -0.3 is 15.7 Å². The molecule has 2 amide bonds. The molecular weight excluding hydrogens is 242 g/mol. The highest BCUT2D eigenvalue weighted by molar-refractivity contribution is 5.89. The molecule has 18 heavy (non-hydrogen) atoms. The van der Waals surface area contributed by atoms with Crippen LogP contribution in [0.3, 0.4) is 0 Å². The summed E-state index contributed by atoms with van der Waals surface area (Å²) in [5.74, 6) is -1.57. The highest BCUT2D eigenvalue weighted by Gasteiger charge is 2.18. The average molecular weight is 258 g/mol. The molecule has 0 saturated heterocycles. The van der Waals surface area contributed by atoms with Gasteiger partial charge in [-0.25, -0.2) is 13.6 Å². The Morgan fingerprint density at radius 2 is 2.11 bits per heavy atom. The third-order valence-electron chi connectivity index (χ3n) is 2.57. The van der Waals surface area contributed by atoms with E-state index in [1.807, 2.05) is 0 Å². The third kappa shape index (κ3) is 4.29. The molecule has 1 atom stereocenters. The normalized spacial score (nSPS) is 13.8. The highest BCUT2D eigenvalue weighted by atomic mass is 19.1. The molecule has 1 rings (SSSR count). The maximum Gasteiger partial charge on any atom is 0.319 e. The minimum atomic E-state index is -1.02. The monoisotopic (exact) mass is 258 g/mol. The van der Waals surface area contributed by atoms with Gasteiger partial charge in [0, 0.05) is 12.6 Å². The van der Waals surface area contributed by atoms with E-state index in [4.69, 9.17) is 0 Å². The van der Waals surface area contributed by atoms with Crippen LogP contribution in [-0.2, 0) is 0 Å². The molecule has 0 bridgehead atoms. The largest absolute Gasteiger partial charge is 0.388 e. The lowest BCUT2D eigenvalue weighted by atomic mass is 10.0. The molecule has 0 spiro atoms. The second kappa shape index (κ2) is 5.77. The number of nitrogens with one attached hydrogen (secondary N) is 2. The van der Waals surface area contributed by atoms with Gasteiger partial charge in [-0.2, -0.15) is 0 Å². The smallest absolute Gasteiger partial charge is 0.319 e. The van der Waals surface area contributed by atoms with Crippen LogP contribution in [0, 0.1) is 11.6 Å². The maximum absolute atomic E-state index is 13.2. The molecule has 0 aliphatic rings. The Labute approximate surface area is 104 Å². The molecule has 4 nitrogen and oxygen atoms in total. The van der Waals surface area contributed by atoms with Crippen molar-refractivity contribution in [3.8, 4) is 0 Å². The summed E-state index contributed by atoms with van der Waals surface area (Å²) in [6.45, 7) is 3.39. The van der Waals surface area contributed by atoms with Crippen LogP contribution in [0.1, 0.15) is 20.3 Å². The Morgan fingerprint density at radius 1 is 1.44 bits per heavy atom. The Morgan fingerprint density at radius 3 is 2.67 bits per heavy atom. The van der Waals surface area contributed by atoms with Gasteiger partial charge in [0.2, 0.25) is 0 Å². The minimum absolute atomic E-state index is 0.0398. The van der Waals surface area contributed by atoms with Crippen molar-refractivity contribution < 1.29 is 18.7 Å². The average Bonchev–Trinajstić information content (AvgIpc) is 2.30. The lowest BCUT2D eigenvalue weighted by molar-refractivity contribution is 0.0587. The summed E-state index contributed by atoms with van der Waals surface area (Å²) in [7, 11) is 0. The van der Waals surface area contributed by atoms with E-state index >= 15 is 0 Å². The molecule has 0 aliphatic carbocycles. The number of hydrogen-bond acceptors (Lipinski definition) is 2. The van der Waals surface area contributed by atoms with Gasteiger partial charge in [0.25, 0.3) is 0 Å². The molecular formula is C12H16F2N2O2. The van der Waals surface area contributed by atoms with Gasteiger partial charge in [0.05, 0.1) is 11.3 Å². The van der Waals surface area contributed by atoms with Crippen LogP contribution < -0.4 is 10.6 Å². The first kappa shape index (κ1) is 14.4. The van der Waals surface area contributed by atoms with Crippen molar-refractivity contribution in [2.75, 3.05) is 11.9 Å². The standard InChI is InChI=1S/C12H16F2N2O2/c1-3-12(2,18)7-15-11(17)16-10-5-4-8(13)6-9(10)14/h4-6,18H,3,7H2,1-2H3,(H2,15,16,17)/t12-/m0/s1. The second-order valence-corrected chi connectivity index (χ2v) is 4.28. The Balaban J connectivity index is 2.55. The Bertz CT molecular complexity index is 436. The topological polar surface area (TPSA) is 61.4 Å². The summed E-state index contributed by atoms with van der Waals surface area (Å²) < 4.78 is 25.9. The van der Waals surface area contributed by atoms with Gasteiger partial charge >= 0.3 is 6.03 Å². The van der Waals surface area contributed by atoms with Crippen LogP contribution >= 0.6 is 0 Å². The lowest BCUT2D eigenvalue weighted by Gasteiger charge is -2.21. The van der Waals surface area contributed by atoms with Gasteiger partial charge in [-0.05, 0) is 25.5 Å². The SMILES string of the molecule is CC[C@](C)(O)CNC(=O)Nc1ccc(F)cc1F. The lowest BCUT2D eigenvalue weighted by Crippen LogP contribution is -2.41. The van der Waals surface area contributed by atoms with Crippen molar-refractivity contribution in [2.45, 2.75) is 25.9 Å².